The summed E-state index contributed by atoms with van der Waals surface area (Å²) in [6.45, 7) is 0.335. The van der Waals surface area contributed by atoms with Crippen LogP contribution in [0.25, 0.3) is 0 Å². The van der Waals surface area contributed by atoms with E-state index in [1.165, 1.54) is 31.0 Å². The first-order chi connectivity index (χ1) is 12.6. The molecule has 27 heavy (non-hydrogen) atoms. The van der Waals surface area contributed by atoms with Gasteiger partial charge in [0.15, 0.2) is 0 Å². The molecule has 1 saturated carbocycles. The SMILES string of the molecule is Cl.O=C(CC1CC2CCC(C1)N2)NCC1(c2c(F)cccc2F)CCCC1. The zero-order chi connectivity index (χ0) is 18.1. The third-order valence-corrected chi connectivity index (χ3v) is 6.72. The van der Waals surface area contributed by atoms with Gasteiger partial charge in [-0.3, -0.25) is 4.79 Å². The van der Waals surface area contributed by atoms with E-state index in [0.29, 0.717) is 31.0 Å². The highest BCUT2D eigenvalue weighted by molar-refractivity contribution is 5.85. The molecule has 2 N–H and O–H groups in total. The lowest BCUT2D eigenvalue weighted by Crippen LogP contribution is -2.43. The van der Waals surface area contributed by atoms with Gasteiger partial charge in [0, 0.05) is 36.0 Å². The Hall–Kier alpha value is -1.20. The van der Waals surface area contributed by atoms with Gasteiger partial charge in [-0.05, 0) is 56.6 Å². The molecule has 2 saturated heterocycles. The van der Waals surface area contributed by atoms with Gasteiger partial charge in [0.1, 0.15) is 11.6 Å². The van der Waals surface area contributed by atoms with Crippen LogP contribution in [0.15, 0.2) is 18.2 Å². The molecule has 2 heterocycles. The van der Waals surface area contributed by atoms with Crippen LogP contribution in [0.1, 0.15) is 63.4 Å². The van der Waals surface area contributed by atoms with Crippen molar-refractivity contribution in [3.8, 4) is 0 Å². The number of piperidine rings is 1. The predicted octanol–water partition coefficient (Wildman–Crippen LogP) is 4.24. The second kappa shape index (κ2) is 8.44. The molecule has 6 heteroatoms. The van der Waals surface area contributed by atoms with Crippen LogP contribution in [0.5, 0.6) is 0 Å². The smallest absolute Gasteiger partial charge is 0.220 e. The zero-order valence-electron chi connectivity index (χ0n) is 15.6. The summed E-state index contributed by atoms with van der Waals surface area (Å²) in [5, 5.41) is 6.62. The highest BCUT2D eigenvalue weighted by atomic mass is 35.5. The van der Waals surface area contributed by atoms with Crippen LogP contribution >= 0.6 is 12.4 Å². The first-order valence-corrected chi connectivity index (χ1v) is 10.0. The third kappa shape index (κ3) is 4.29. The maximum absolute atomic E-state index is 14.4. The van der Waals surface area contributed by atoms with E-state index in [1.54, 1.807) is 0 Å². The number of fused-ring (bicyclic) bond motifs is 2. The molecule has 4 rings (SSSR count). The average Bonchev–Trinajstić information content (AvgIpc) is 3.20. The van der Waals surface area contributed by atoms with E-state index >= 15 is 0 Å². The van der Waals surface area contributed by atoms with Gasteiger partial charge in [0.2, 0.25) is 5.91 Å². The van der Waals surface area contributed by atoms with E-state index in [4.69, 9.17) is 0 Å². The normalized spacial score (nSPS) is 28.6. The van der Waals surface area contributed by atoms with Crippen LogP contribution in [0.4, 0.5) is 8.78 Å². The fourth-order valence-corrected chi connectivity index (χ4v) is 5.52. The first kappa shape index (κ1) is 20.5. The molecule has 0 spiro atoms. The van der Waals surface area contributed by atoms with Gasteiger partial charge in [0.05, 0.1) is 0 Å². The van der Waals surface area contributed by atoms with Crippen molar-refractivity contribution in [3.05, 3.63) is 35.4 Å². The number of hydrogen-bond donors (Lipinski definition) is 2. The first-order valence-electron chi connectivity index (χ1n) is 10.0. The fraction of sp³-hybridized carbons (Fsp3) is 0.667. The molecule has 1 amide bonds. The lowest BCUT2D eigenvalue weighted by molar-refractivity contribution is -0.122. The highest BCUT2D eigenvalue weighted by Gasteiger charge is 2.40. The van der Waals surface area contributed by atoms with Crippen molar-refractivity contribution in [2.45, 2.75) is 75.3 Å². The second-order valence-electron chi connectivity index (χ2n) is 8.54. The molecule has 0 aromatic heterocycles. The van der Waals surface area contributed by atoms with Gasteiger partial charge < -0.3 is 10.6 Å². The Labute approximate surface area is 166 Å². The number of halogens is 3. The van der Waals surface area contributed by atoms with Crippen molar-refractivity contribution in [1.29, 1.82) is 0 Å². The third-order valence-electron chi connectivity index (χ3n) is 6.72. The zero-order valence-corrected chi connectivity index (χ0v) is 16.4. The molecule has 2 unspecified atom stereocenters. The van der Waals surface area contributed by atoms with E-state index in [-0.39, 0.29) is 23.9 Å². The molecule has 2 aliphatic heterocycles. The fourth-order valence-electron chi connectivity index (χ4n) is 5.52. The summed E-state index contributed by atoms with van der Waals surface area (Å²) in [5.41, 5.74) is -0.434. The second-order valence-corrected chi connectivity index (χ2v) is 8.54. The van der Waals surface area contributed by atoms with Crippen LogP contribution in [-0.4, -0.2) is 24.5 Å². The van der Waals surface area contributed by atoms with Crippen molar-refractivity contribution >= 4 is 18.3 Å². The predicted molar refractivity (Wildman–Crippen MR) is 104 cm³/mol. The number of nitrogens with one attached hydrogen (secondary N) is 2. The number of hydrogen-bond acceptors (Lipinski definition) is 2. The summed E-state index contributed by atoms with van der Waals surface area (Å²) in [6.07, 6.45) is 8.45. The minimum atomic E-state index is -0.599. The highest BCUT2D eigenvalue weighted by Crippen LogP contribution is 2.43. The Morgan fingerprint density at radius 3 is 2.30 bits per heavy atom. The van der Waals surface area contributed by atoms with E-state index in [1.807, 2.05) is 0 Å². The maximum atomic E-state index is 14.4. The van der Waals surface area contributed by atoms with Gasteiger partial charge in [-0.1, -0.05) is 18.9 Å². The summed E-state index contributed by atoms with van der Waals surface area (Å²) in [4.78, 5) is 12.5. The number of amides is 1. The minimum absolute atomic E-state index is 0. The van der Waals surface area contributed by atoms with E-state index in [0.717, 1.165) is 38.5 Å². The van der Waals surface area contributed by atoms with Gasteiger partial charge >= 0.3 is 0 Å². The summed E-state index contributed by atoms with van der Waals surface area (Å²) < 4.78 is 28.8. The molecule has 0 radical (unpaired) electrons. The largest absolute Gasteiger partial charge is 0.355 e. The topological polar surface area (TPSA) is 41.1 Å². The van der Waals surface area contributed by atoms with Gasteiger partial charge in [-0.25, -0.2) is 8.78 Å². The molecule has 1 aromatic rings. The number of rotatable bonds is 5. The Balaban J connectivity index is 0.00000210. The molecule has 2 atom stereocenters. The molecule has 1 aliphatic carbocycles. The molecular weight excluding hydrogens is 370 g/mol. The average molecular weight is 399 g/mol. The van der Waals surface area contributed by atoms with Crippen LogP contribution in [0.3, 0.4) is 0 Å². The monoisotopic (exact) mass is 398 g/mol. The van der Waals surface area contributed by atoms with Gasteiger partial charge in [-0.15, -0.1) is 12.4 Å². The lowest BCUT2D eigenvalue weighted by atomic mass is 9.78. The maximum Gasteiger partial charge on any atom is 0.220 e. The summed E-state index contributed by atoms with van der Waals surface area (Å²) in [5.74, 6) is -0.523. The van der Waals surface area contributed by atoms with Crippen LogP contribution < -0.4 is 10.6 Å². The standard InChI is InChI=1S/C21H28F2N2O.ClH/c22-17-4-3-5-18(23)20(17)21(8-1-2-9-21)13-24-19(26)12-14-10-15-6-7-16(11-14)25-15;/h3-5,14-16,25H,1-2,6-13H2,(H,24,26);1H. The molecular formula is C21H29ClF2N2O. The molecule has 3 nitrogen and oxygen atoms in total. The quantitative estimate of drug-likeness (QED) is 0.779. The molecule has 2 bridgehead atoms. The Morgan fingerprint density at radius 1 is 1.11 bits per heavy atom. The van der Waals surface area contributed by atoms with E-state index in [9.17, 15) is 13.6 Å². The van der Waals surface area contributed by atoms with Crippen molar-refractivity contribution in [2.75, 3.05) is 6.54 Å². The number of carbonyl (C=O) groups is 1. The van der Waals surface area contributed by atoms with Gasteiger partial charge in [-0.2, -0.15) is 0 Å². The van der Waals surface area contributed by atoms with Crippen LogP contribution in [0.2, 0.25) is 0 Å². The van der Waals surface area contributed by atoms with Crippen molar-refractivity contribution in [3.63, 3.8) is 0 Å². The summed E-state index contributed by atoms with van der Waals surface area (Å²) >= 11 is 0. The minimum Gasteiger partial charge on any atom is -0.355 e. The number of carbonyl (C=O) groups excluding carboxylic acids is 1. The summed E-state index contributed by atoms with van der Waals surface area (Å²) in [7, 11) is 0. The van der Waals surface area contributed by atoms with E-state index in [2.05, 4.69) is 10.6 Å². The molecule has 1 aromatic carbocycles. The molecule has 3 aliphatic rings. The van der Waals surface area contributed by atoms with Crippen LogP contribution in [0, 0.1) is 17.6 Å². The Kier molecular flexibility index (Phi) is 6.42. The Bertz CT molecular complexity index is 646. The molecule has 3 fully saturated rings. The van der Waals surface area contributed by atoms with Gasteiger partial charge in [0.25, 0.3) is 0 Å². The molecule has 150 valence electrons. The lowest BCUT2D eigenvalue weighted by Gasteiger charge is -2.32. The van der Waals surface area contributed by atoms with E-state index < -0.39 is 17.0 Å². The number of benzene rings is 1. The Morgan fingerprint density at radius 2 is 1.70 bits per heavy atom. The van der Waals surface area contributed by atoms with Crippen molar-refractivity contribution in [1.82, 2.24) is 10.6 Å². The summed E-state index contributed by atoms with van der Waals surface area (Å²) in [6, 6.07) is 5.19. The van der Waals surface area contributed by atoms with Crippen molar-refractivity contribution < 1.29 is 13.6 Å². The van der Waals surface area contributed by atoms with Crippen molar-refractivity contribution in [2.24, 2.45) is 5.92 Å². The van der Waals surface area contributed by atoms with Crippen LogP contribution in [-0.2, 0) is 10.2 Å².